The topological polar surface area (TPSA) is 79.4 Å². The van der Waals surface area contributed by atoms with Gasteiger partial charge in [-0.2, -0.15) is 0 Å². The minimum atomic E-state index is -0.241. The Bertz CT molecular complexity index is 775. The fourth-order valence-electron chi connectivity index (χ4n) is 2.79. The molecule has 0 saturated heterocycles. The number of amides is 1. The van der Waals surface area contributed by atoms with E-state index in [9.17, 15) is 4.79 Å². The van der Waals surface area contributed by atoms with Gasteiger partial charge in [-0.3, -0.25) is 4.79 Å². The van der Waals surface area contributed by atoms with E-state index in [1.165, 1.54) is 5.69 Å². The average Bonchev–Trinajstić information content (AvgIpc) is 2.64. The van der Waals surface area contributed by atoms with Crippen LogP contribution < -0.4 is 15.5 Å². The minimum absolute atomic E-state index is 0.241. The number of methoxy groups -OCH3 is 1. The Hall–Kier alpha value is -2.67. The van der Waals surface area contributed by atoms with E-state index >= 15 is 0 Å². The van der Waals surface area contributed by atoms with Crippen LogP contribution in [-0.4, -0.2) is 49.2 Å². The fourth-order valence-corrected chi connectivity index (χ4v) is 2.79. The lowest BCUT2D eigenvalue weighted by atomic mass is 10.1. The van der Waals surface area contributed by atoms with Gasteiger partial charge in [0.05, 0.1) is 6.61 Å². The number of hydrogen-bond donors (Lipinski definition) is 2. The van der Waals surface area contributed by atoms with E-state index in [1.54, 1.807) is 13.2 Å². The summed E-state index contributed by atoms with van der Waals surface area (Å²) in [5.74, 6) is 0.166. The first-order chi connectivity index (χ1) is 13.0. The van der Waals surface area contributed by atoms with Gasteiger partial charge < -0.3 is 20.3 Å². The summed E-state index contributed by atoms with van der Waals surface area (Å²) in [4.78, 5) is 23.3. The van der Waals surface area contributed by atoms with Crippen molar-refractivity contribution in [3.8, 4) is 0 Å². The van der Waals surface area contributed by atoms with Crippen LogP contribution in [0.4, 0.5) is 17.3 Å². The lowest BCUT2D eigenvalue weighted by Crippen LogP contribution is -2.28. The van der Waals surface area contributed by atoms with Gasteiger partial charge in [-0.25, -0.2) is 9.97 Å². The van der Waals surface area contributed by atoms with Gasteiger partial charge in [0.1, 0.15) is 5.69 Å². The molecule has 27 heavy (non-hydrogen) atoms. The number of anilines is 3. The lowest BCUT2D eigenvalue weighted by Gasteiger charge is -2.22. The Balaban J connectivity index is 2.18. The highest BCUT2D eigenvalue weighted by Gasteiger charge is 2.12. The van der Waals surface area contributed by atoms with Gasteiger partial charge in [-0.15, -0.1) is 0 Å². The Kier molecular flexibility index (Phi) is 7.55. The smallest absolute Gasteiger partial charge is 0.270 e. The summed E-state index contributed by atoms with van der Waals surface area (Å²) in [7, 11) is 1.59. The van der Waals surface area contributed by atoms with Crippen LogP contribution in [0.1, 0.15) is 35.6 Å². The van der Waals surface area contributed by atoms with Crippen LogP contribution in [-0.2, 0) is 4.74 Å². The normalized spacial score (nSPS) is 10.6. The summed E-state index contributed by atoms with van der Waals surface area (Å²) in [6.45, 7) is 11.0. The second kappa shape index (κ2) is 9.87. The van der Waals surface area contributed by atoms with Crippen LogP contribution >= 0.6 is 0 Å². The average molecular weight is 371 g/mol. The van der Waals surface area contributed by atoms with Crippen molar-refractivity contribution in [2.24, 2.45) is 0 Å². The molecule has 0 aliphatic heterocycles. The Morgan fingerprint density at radius 2 is 1.89 bits per heavy atom. The highest BCUT2D eigenvalue weighted by Crippen LogP contribution is 2.24. The molecule has 0 unspecified atom stereocenters. The highest BCUT2D eigenvalue weighted by atomic mass is 16.5. The van der Waals surface area contributed by atoms with Crippen LogP contribution in [0.15, 0.2) is 24.3 Å². The van der Waals surface area contributed by atoms with E-state index in [0.717, 1.165) is 30.0 Å². The van der Waals surface area contributed by atoms with Gasteiger partial charge in [-0.1, -0.05) is 0 Å². The number of aromatic nitrogens is 2. The van der Waals surface area contributed by atoms with Crippen molar-refractivity contribution < 1.29 is 9.53 Å². The number of hydrogen-bond acceptors (Lipinski definition) is 6. The maximum atomic E-state index is 12.2. The number of rotatable bonds is 9. The zero-order chi connectivity index (χ0) is 19.8. The number of carbonyl (C=O) groups is 1. The molecule has 0 bridgehead atoms. The first-order valence-corrected chi connectivity index (χ1v) is 9.23. The molecule has 1 amide bonds. The summed E-state index contributed by atoms with van der Waals surface area (Å²) in [6, 6.07) is 7.91. The highest BCUT2D eigenvalue weighted by molar-refractivity contribution is 5.92. The zero-order valence-corrected chi connectivity index (χ0v) is 16.8. The van der Waals surface area contributed by atoms with Crippen molar-refractivity contribution in [2.75, 3.05) is 43.6 Å². The third kappa shape index (κ3) is 5.65. The number of carbonyl (C=O) groups excluding carboxylic acids is 1. The van der Waals surface area contributed by atoms with Crippen molar-refractivity contribution in [3.63, 3.8) is 0 Å². The van der Waals surface area contributed by atoms with E-state index in [2.05, 4.69) is 51.5 Å². The molecular formula is C20H29N5O2. The summed E-state index contributed by atoms with van der Waals surface area (Å²) in [5, 5.41) is 6.01. The number of nitrogens with zero attached hydrogens (tertiary/aromatic N) is 3. The standard InChI is InChI=1S/C20H29N5O2/c1-6-25(7-2)16-8-9-17(14(3)12-16)23-20-22-15(4)13-18(24-20)19(26)21-10-11-27-5/h8-9,12-13H,6-7,10-11H2,1-5H3,(H,21,26)(H,22,23,24). The quantitative estimate of drug-likeness (QED) is 0.660. The largest absolute Gasteiger partial charge is 0.383 e. The summed E-state index contributed by atoms with van der Waals surface area (Å²) >= 11 is 0. The molecule has 0 saturated carbocycles. The summed E-state index contributed by atoms with van der Waals surface area (Å²) in [5.41, 5.74) is 4.25. The van der Waals surface area contributed by atoms with E-state index in [1.807, 2.05) is 19.9 Å². The van der Waals surface area contributed by atoms with Crippen molar-refractivity contribution in [1.29, 1.82) is 0 Å². The van der Waals surface area contributed by atoms with Gasteiger partial charge in [0.15, 0.2) is 0 Å². The van der Waals surface area contributed by atoms with Crippen molar-refractivity contribution in [2.45, 2.75) is 27.7 Å². The van der Waals surface area contributed by atoms with E-state index in [0.29, 0.717) is 24.8 Å². The molecule has 0 aliphatic carbocycles. The SMILES string of the molecule is CCN(CC)c1ccc(Nc2nc(C)cc(C(=O)NCCOC)n2)c(C)c1. The molecule has 1 heterocycles. The second-order valence-electron chi connectivity index (χ2n) is 6.26. The Morgan fingerprint density at radius 1 is 1.15 bits per heavy atom. The van der Waals surface area contributed by atoms with Crippen LogP contribution in [0.3, 0.4) is 0 Å². The molecule has 7 heteroatoms. The van der Waals surface area contributed by atoms with Gasteiger partial charge in [0, 0.05) is 43.8 Å². The third-order valence-electron chi connectivity index (χ3n) is 4.26. The van der Waals surface area contributed by atoms with Crippen LogP contribution in [0.5, 0.6) is 0 Å². The molecule has 146 valence electrons. The molecule has 0 fully saturated rings. The molecular weight excluding hydrogens is 342 g/mol. The first-order valence-electron chi connectivity index (χ1n) is 9.23. The zero-order valence-electron chi connectivity index (χ0n) is 16.8. The van der Waals surface area contributed by atoms with E-state index in [-0.39, 0.29) is 5.91 Å². The number of nitrogens with one attached hydrogen (secondary N) is 2. The van der Waals surface area contributed by atoms with Gasteiger partial charge in [-0.05, 0) is 57.5 Å². The van der Waals surface area contributed by atoms with Gasteiger partial charge >= 0.3 is 0 Å². The monoisotopic (exact) mass is 371 g/mol. The minimum Gasteiger partial charge on any atom is -0.383 e. The number of benzene rings is 1. The molecule has 1 aromatic carbocycles. The van der Waals surface area contributed by atoms with E-state index in [4.69, 9.17) is 4.74 Å². The van der Waals surface area contributed by atoms with Crippen molar-refractivity contribution >= 4 is 23.2 Å². The van der Waals surface area contributed by atoms with Crippen LogP contribution in [0.2, 0.25) is 0 Å². The molecule has 2 N–H and O–H groups in total. The fraction of sp³-hybridized carbons (Fsp3) is 0.450. The van der Waals surface area contributed by atoms with E-state index < -0.39 is 0 Å². The molecule has 0 spiro atoms. The summed E-state index contributed by atoms with van der Waals surface area (Å²) in [6.07, 6.45) is 0. The van der Waals surface area contributed by atoms with Crippen LogP contribution in [0.25, 0.3) is 0 Å². The maximum absolute atomic E-state index is 12.2. The molecule has 2 rings (SSSR count). The lowest BCUT2D eigenvalue weighted by molar-refractivity contribution is 0.0932. The van der Waals surface area contributed by atoms with Crippen molar-refractivity contribution in [3.05, 3.63) is 41.2 Å². The predicted molar refractivity (Wildman–Crippen MR) is 109 cm³/mol. The van der Waals surface area contributed by atoms with Gasteiger partial charge in [0.2, 0.25) is 5.95 Å². The number of ether oxygens (including phenoxy) is 1. The Morgan fingerprint density at radius 3 is 2.52 bits per heavy atom. The third-order valence-corrected chi connectivity index (χ3v) is 4.26. The predicted octanol–water partition coefficient (Wildman–Crippen LogP) is 3.06. The Labute approximate surface area is 161 Å². The summed E-state index contributed by atoms with van der Waals surface area (Å²) < 4.78 is 4.95. The second-order valence-corrected chi connectivity index (χ2v) is 6.26. The molecule has 7 nitrogen and oxygen atoms in total. The molecule has 1 aromatic heterocycles. The van der Waals surface area contributed by atoms with Crippen LogP contribution in [0, 0.1) is 13.8 Å². The molecule has 0 aliphatic rings. The number of aryl methyl sites for hydroxylation is 2. The molecule has 0 atom stereocenters. The van der Waals surface area contributed by atoms with Crippen molar-refractivity contribution in [1.82, 2.24) is 15.3 Å². The first kappa shape index (κ1) is 20.6. The molecule has 0 radical (unpaired) electrons. The van der Waals surface area contributed by atoms with Gasteiger partial charge in [0.25, 0.3) is 5.91 Å². The maximum Gasteiger partial charge on any atom is 0.270 e. The molecule has 2 aromatic rings.